The van der Waals surface area contributed by atoms with E-state index in [1.807, 2.05) is 17.0 Å². The number of primary amides is 1. The molecular weight excluding hydrogens is 248 g/mol. The van der Waals surface area contributed by atoms with Gasteiger partial charge in [0, 0.05) is 26.2 Å². The SMILES string of the molecule is NC(=O)CN1CCN(c2ccc3nnnn3n2)CC1. The lowest BCUT2D eigenvalue weighted by Gasteiger charge is -2.34. The summed E-state index contributed by atoms with van der Waals surface area (Å²) in [5.74, 6) is 0.542. The minimum absolute atomic E-state index is 0.290. The van der Waals surface area contributed by atoms with Gasteiger partial charge in [-0.2, -0.15) is 0 Å². The lowest BCUT2D eigenvalue weighted by Crippen LogP contribution is -2.49. The van der Waals surface area contributed by atoms with Crippen LogP contribution in [-0.2, 0) is 4.79 Å². The number of carbonyl (C=O) groups is 1. The third kappa shape index (κ3) is 2.45. The van der Waals surface area contributed by atoms with E-state index in [2.05, 4.69) is 25.5 Å². The Labute approximate surface area is 109 Å². The highest BCUT2D eigenvalue weighted by Gasteiger charge is 2.19. The molecule has 9 nitrogen and oxygen atoms in total. The molecule has 0 unspecified atom stereocenters. The molecule has 1 aliphatic rings. The molecule has 19 heavy (non-hydrogen) atoms. The molecule has 9 heteroatoms. The number of aromatic nitrogens is 5. The zero-order chi connectivity index (χ0) is 13.2. The van der Waals surface area contributed by atoms with Crippen LogP contribution in [0.1, 0.15) is 0 Å². The van der Waals surface area contributed by atoms with Gasteiger partial charge in [-0.25, -0.2) is 0 Å². The summed E-state index contributed by atoms with van der Waals surface area (Å²) in [6.07, 6.45) is 0. The van der Waals surface area contributed by atoms with Gasteiger partial charge in [-0.05, 0) is 22.6 Å². The molecule has 0 aromatic carbocycles. The van der Waals surface area contributed by atoms with E-state index >= 15 is 0 Å². The zero-order valence-electron chi connectivity index (χ0n) is 10.3. The average molecular weight is 262 g/mol. The molecule has 0 bridgehead atoms. The summed E-state index contributed by atoms with van der Waals surface area (Å²) in [6.45, 7) is 3.49. The first kappa shape index (κ1) is 11.8. The number of amides is 1. The van der Waals surface area contributed by atoms with Crippen LogP contribution in [0.15, 0.2) is 12.1 Å². The Bertz CT molecular complexity index is 588. The van der Waals surface area contributed by atoms with Crippen molar-refractivity contribution in [2.75, 3.05) is 37.6 Å². The van der Waals surface area contributed by atoms with Crippen molar-refractivity contribution in [2.24, 2.45) is 5.73 Å². The predicted molar refractivity (Wildman–Crippen MR) is 66.4 cm³/mol. The van der Waals surface area contributed by atoms with Crippen molar-refractivity contribution in [3.8, 4) is 0 Å². The molecule has 0 aliphatic carbocycles. The van der Waals surface area contributed by atoms with E-state index in [0.717, 1.165) is 32.0 Å². The van der Waals surface area contributed by atoms with Gasteiger partial charge in [-0.3, -0.25) is 9.69 Å². The summed E-state index contributed by atoms with van der Waals surface area (Å²) in [5, 5.41) is 15.5. The van der Waals surface area contributed by atoms with Crippen molar-refractivity contribution in [1.29, 1.82) is 0 Å². The van der Waals surface area contributed by atoms with Gasteiger partial charge in [0.2, 0.25) is 5.91 Å². The molecule has 1 amide bonds. The highest BCUT2D eigenvalue weighted by atomic mass is 16.1. The number of tetrazole rings is 1. The van der Waals surface area contributed by atoms with Gasteiger partial charge < -0.3 is 10.6 Å². The molecule has 2 N–H and O–H groups in total. The standard InChI is InChI=1S/C10H14N8O/c11-8(19)7-16-3-5-17(6-4-16)10-2-1-9-12-14-15-18(9)13-10/h1-2H,3-7H2,(H2,11,19). The Kier molecular flexibility index (Phi) is 2.95. The monoisotopic (exact) mass is 262 g/mol. The molecule has 3 heterocycles. The van der Waals surface area contributed by atoms with Gasteiger partial charge in [0.05, 0.1) is 6.54 Å². The number of hydrogen-bond acceptors (Lipinski definition) is 7. The summed E-state index contributed by atoms with van der Waals surface area (Å²) in [7, 11) is 0. The molecule has 2 aromatic heterocycles. The second kappa shape index (κ2) is 4.76. The third-order valence-corrected chi connectivity index (χ3v) is 3.13. The highest BCUT2D eigenvalue weighted by molar-refractivity contribution is 5.75. The van der Waals surface area contributed by atoms with Gasteiger partial charge in [0.25, 0.3) is 0 Å². The molecule has 1 saturated heterocycles. The maximum absolute atomic E-state index is 10.9. The Morgan fingerprint density at radius 1 is 1.26 bits per heavy atom. The third-order valence-electron chi connectivity index (χ3n) is 3.13. The molecule has 0 radical (unpaired) electrons. The first-order valence-corrected chi connectivity index (χ1v) is 6.03. The van der Waals surface area contributed by atoms with Crippen LogP contribution in [0.2, 0.25) is 0 Å². The van der Waals surface area contributed by atoms with Crippen molar-refractivity contribution in [2.45, 2.75) is 0 Å². The normalized spacial score (nSPS) is 16.9. The van der Waals surface area contributed by atoms with Gasteiger partial charge >= 0.3 is 0 Å². The first-order valence-electron chi connectivity index (χ1n) is 6.03. The van der Waals surface area contributed by atoms with Crippen molar-refractivity contribution in [3.63, 3.8) is 0 Å². The molecule has 3 rings (SSSR count). The summed E-state index contributed by atoms with van der Waals surface area (Å²) >= 11 is 0. The summed E-state index contributed by atoms with van der Waals surface area (Å²) < 4.78 is 1.41. The van der Waals surface area contributed by atoms with E-state index in [1.54, 1.807) is 0 Å². The van der Waals surface area contributed by atoms with Crippen LogP contribution in [0.4, 0.5) is 5.82 Å². The minimum Gasteiger partial charge on any atom is -0.369 e. The number of hydrogen-bond donors (Lipinski definition) is 1. The van der Waals surface area contributed by atoms with Crippen molar-refractivity contribution >= 4 is 17.4 Å². The van der Waals surface area contributed by atoms with Crippen LogP contribution in [-0.4, -0.2) is 68.8 Å². The van der Waals surface area contributed by atoms with Crippen LogP contribution in [0.25, 0.3) is 5.65 Å². The zero-order valence-corrected chi connectivity index (χ0v) is 10.3. The number of rotatable bonds is 3. The van der Waals surface area contributed by atoms with Crippen LogP contribution < -0.4 is 10.6 Å². The lowest BCUT2D eigenvalue weighted by atomic mass is 10.3. The van der Waals surface area contributed by atoms with Gasteiger partial charge in [0.1, 0.15) is 0 Å². The molecule has 0 atom stereocenters. The number of nitrogens with two attached hydrogens (primary N) is 1. The smallest absolute Gasteiger partial charge is 0.231 e. The largest absolute Gasteiger partial charge is 0.369 e. The Hall–Kier alpha value is -2.29. The Morgan fingerprint density at radius 3 is 2.79 bits per heavy atom. The Balaban J connectivity index is 1.69. The number of carbonyl (C=O) groups excluding carboxylic acids is 1. The fraction of sp³-hybridized carbons (Fsp3) is 0.500. The number of fused-ring (bicyclic) bond motifs is 1. The summed E-state index contributed by atoms with van der Waals surface area (Å²) in [4.78, 5) is 15.0. The highest BCUT2D eigenvalue weighted by Crippen LogP contribution is 2.13. The number of nitrogens with zero attached hydrogens (tertiary/aromatic N) is 7. The maximum atomic E-state index is 10.9. The fourth-order valence-corrected chi connectivity index (χ4v) is 2.16. The average Bonchev–Trinajstić information content (AvgIpc) is 2.86. The van der Waals surface area contributed by atoms with Crippen LogP contribution in [0, 0.1) is 0 Å². The summed E-state index contributed by atoms with van der Waals surface area (Å²) in [5.41, 5.74) is 5.81. The van der Waals surface area contributed by atoms with Crippen LogP contribution in [0.3, 0.4) is 0 Å². The van der Waals surface area contributed by atoms with Crippen LogP contribution in [0.5, 0.6) is 0 Å². The molecule has 100 valence electrons. The maximum Gasteiger partial charge on any atom is 0.231 e. The quantitative estimate of drug-likeness (QED) is 0.690. The van der Waals surface area contributed by atoms with Gasteiger partial charge in [-0.15, -0.1) is 14.8 Å². The van der Waals surface area contributed by atoms with Crippen molar-refractivity contribution in [1.82, 2.24) is 30.2 Å². The van der Waals surface area contributed by atoms with Crippen molar-refractivity contribution < 1.29 is 4.79 Å². The molecule has 1 fully saturated rings. The molecule has 0 saturated carbocycles. The first-order chi connectivity index (χ1) is 9.22. The molecule has 2 aromatic rings. The molecule has 1 aliphatic heterocycles. The van der Waals surface area contributed by atoms with Gasteiger partial charge in [-0.1, -0.05) is 0 Å². The number of anilines is 1. The fourth-order valence-electron chi connectivity index (χ4n) is 2.16. The summed E-state index contributed by atoms with van der Waals surface area (Å²) in [6, 6.07) is 3.73. The molecular formula is C10H14N8O. The van der Waals surface area contributed by atoms with Crippen LogP contribution >= 0.6 is 0 Å². The van der Waals surface area contributed by atoms with E-state index in [0.29, 0.717) is 12.2 Å². The van der Waals surface area contributed by atoms with E-state index < -0.39 is 0 Å². The van der Waals surface area contributed by atoms with Gasteiger partial charge in [0.15, 0.2) is 11.5 Å². The molecule has 0 spiro atoms. The lowest BCUT2D eigenvalue weighted by molar-refractivity contribution is -0.119. The van der Waals surface area contributed by atoms with E-state index in [9.17, 15) is 4.79 Å². The van der Waals surface area contributed by atoms with Crippen molar-refractivity contribution in [3.05, 3.63) is 12.1 Å². The second-order valence-corrected chi connectivity index (χ2v) is 4.45. The predicted octanol–water partition coefficient (Wildman–Crippen LogP) is -1.87. The Morgan fingerprint density at radius 2 is 2.05 bits per heavy atom. The number of piperazine rings is 1. The second-order valence-electron chi connectivity index (χ2n) is 4.45. The van der Waals surface area contributed by atoms with E-state index in [4.69, 9.17) is 5.73 Å². The topological polar surface area (TPSA) is 106 Å². The van der Waals surface area contributed by atoms with E-state index in [1.165, 1.54) is 4.63 Å². The minimum atomic E-state index is -0.290. The van der Waals surface area contributed by atoms with E-state index in [-0.39, 0.29) is 5.91 Å².